The number of carbonyl (C=O) groups is 1. The van der Waals surface area contributed by atoms with Crippen LogP contribution in [0.25, 0.3) is 0 Å². The van der Waals surface area contributed by atoms with Gasteiger partial charge in [0.1, 0.15) is 0 Å². The molecule has 15 heavy (non-hydrogen) atoms. The van der Waals surface area contributed by atoms with E-state index in [1.165, 1.54) is 7.11 Å². The number of epoxide rings is 2. The molecule has 0 radical (unpaired) electrons. The Bertz CT molecular complexity index is 271. The van der Waals surface area contributed by atoms with E-state index in [-0.39, 0.29) is 5.97 Å². The maximum absolute atomic E-state index is 11.4. The summed E-state index contributed by atoms with van der Waals surface area (Å²) in [6, 6.07) is 0. The van der Waals surface area contributed by atoms with Gasteiger partial charge in [0, 0.05) is 5.57 Å². The van der Waals surface area contributed by atoms with Crippen molar-refractivity contribution in [1.29, 1.82) is 0 Å². The lowest BCUT2D eigenvalue weighted by atomic mass is 9.99. The van der Waals surface area contributed by atoms with Gasteiger partial charge in [-0.2, -0.15) is 0 Å². The maximum atomic E-state index is 11.4. The molecule has 4 heteroatoms. The molecule has 2 aliphatic heterocycles. The molecule has 0 bridgehead atoms. The van der Waals surface area contributed by atoms with Gasteiger partial charge < -0.3 is 14.2 Å². The highest BCUT2D eigenvalue weighted by molar-refractivity contribution is 5.88. The number of carbonyl (C=O) groups excluding carboxylic acids is 1. The SMILES string of the molecule is COC(=O)C(C)=C(CC1CO1)CC1CO1. The summed E-state index contributed by atoms with van der Waals surface area (Å²) in [7, 11) is 1.41. The van der Waals surface area contributed by atoms with Crippen LogP contribution >= 0.6 is 0 Å². The summed E-state index contributed by atoms with van der Waals surface area (Å²) < 4.78 is 15.1. The molecule has 2 fully saturated rings. The normalized spacial score (nSPS) is 27.1. The Balaban J connectivity index is 2.02. The van der Waals surface area contributed by atoms with E-state index < -0.39 is 0 Å². The fourth-order valence-electron chi connectivity index (χ4n) is 1.61. The minimum atomic E-state index is -0.244. The van der Waals surface area contributed by atoms with E-state index in [0.29, 0.717) is 17.8 Å². The molecule has 2 aliphatic rings. The number of hydrogen-bond acceptors (Lipinski definition) is 4. The van der Waals surface area contributed by atoms with Crippen molar-refractivity contribution in [2.45, 2.75) is 32.0 Å². The van der Waals surface area contributed by atoms with Gasteiger partial charge in [-0.3, -0.25) is 0 Å². The summed E-state index contributed by atoms with van der Waals surface area (Å²) in [4.78, 5) is 11.4. The van der Waals surface area contributed by atoms with Gasteiger partial charge in [0.05, 0.1) is 32.5 Å². The predicted molar refractivity (Wildman–Crippen MR) is 53.4 cm³/mol. The second-order valence-electron chi connectivity index (χ2n) is 4.04. The Hall–Kier alpha value is -0.870. The summed E-state index contributed by atoms with van der Waals surface area (Å²) >= 11 is 0. The van der Waals surface area contributed by atoms with Crippen molar-refractivity contribution in [3.63, 3.8) is 0 Å². The third-order valence-corrected chi connectivity index (χ3v) is 2.77. The van der Waals surface area contributed by atoms with Gasteiger partial charge in [-0.1, -0.05) is 5.57 Å². The van der Waals surface area contributed by atoms with E-state index in [2.05, 4.69) is 0 Å². The quantitative estimate of drug-likeness (QED) is 0.388. The summed E-state index contributed by atoms with van der Waals surface area (Å²) in [5.41, 5.74) is 1.83. The van der Waals surface area contributed by atoms with Crippen LogP contribution in [0.1, 0.15) is 19.8 Å². The fraction of sp³-hybridized carbons (Fsp3) is 0.727. The van der Waals surface area contributed by atoms with E-state index in [0.717, 1.165) is 31.6 Å². The molecule has 4 nitrogen and oxygen atoms in total. The van der Waals surface area contributed by atoms with Gasteiger partial charge in [0.15, 0.2) is 0 Å². The van der Waals surface area contributed by atoms with E-state index in [4.69, 9.17) is 14.2 Å². The van der Waals surface area contributed by atoms with Crippen LogP contribution in [0, 0.1) is 0 Å². The van der Waals surface area contributed by atoms with Crippen LogP contribution in [-0.2, 0) is 19.0 Å². The van der Waals surface area contributed by atoms with Gasteiger partial charge in [0.2, 0.25) is 0 Å². The third kappa shape index (κ3) is 3.04. The summed E-state index contributed by atoms with van der Waals surface area (Å²) in [6.45, 7) is 3.43. The van der Waals surface area contributed by atoms with E-state index in [9.17, 15) is 4.79 Å². The van der Waals surface area contributed by atoms with Crippen LogP contribution < -0.4 is 0 Å². The first-order chi connectivity index (χ1) is 7.20. The Morgan fingerprint density at radius 2 is 1.73 bits per heavy atom. The molecule has 0 aliphatic carbocycles. The fourth-order valence-corrected chi connectivity index (χ4v) is 1.61. The molecule has 0 N–H and O–H groups in total. The molecule has 2 saturated heterocycles. The van der Waals surface area contributed by atoms with Gasteiger partial charge >= 0.3 is 5.97 Å². The molecule has 2 rings (SSSR count). The number of rotatable bonds is 5. The van der Waals surface area contributed by atoms with Crippen molar-refractivity contribution in [3.8, 4) is 0 Å². The van der Waals surface area contributed by atoms with Gasteiger partial charge in [-0.05, 0) is 19.8 Å². The second-order valence-corrected chi connectivity index (χ2v) is 4.04. The first-order valence-corrected chi connectivity index (χ1v) is 5.21. The Morgan fingerprint density at radius 1 is 1.27 bits per heavy atom. The molecular formula is C11H16O4. The predicted octanol–water partition coefficient (Wildman–Crippen LogP) is 1.05. The molecule has 0 saturated carbocycles. The lowest BCUT2D eigenvalue weighted by molar-refractivity contribution is -0.136. The Kier molecular flexibility index (Phi) is 3.07. The lowest BCUT2D eigenvalue weighted by Gasteiger charge is -2.08. The van der Waals surface area contributed by atoms with Crippen LogP contribution in [-0.4, -0.2) is 38.5 Å². The molecule has 0 aromatic heterocycles. The zero-order chi connectivity index (χ0) is 10.8. The highest BCUT2D eigenvalue weighted by Crippen LogP contribution is 2.29. The molecule has 2 atom stereocenters. The van der Waals surface area contributed by atoms with Gasteiger partial charge in [-0.15, -0.1) is 0 Å². The first-order valence-electron chi connectivity index (χ1n) is 5.21. The highest BCUT2D eigenvalue weighted by Gasteiger charge is 2.30. The van der Waals surface area contributed by atoms with Crippen molar-refractivity contribution >= 4 is 5.97 Å². The molecule has 2 unspecified atom stereocenters. The van der Waals surface area contributed by atoms with Gasteiger partial charge in [-0.25, -0.2) is 4.79 Å². The van der Waals surface area contributed by atoms with Crippen molar-refractivity contribution in [2.24, 2.45) is 0 Å². The summed E-state index contributed by atoms with van der Waals surface area (Å²) in [5.74, 6) is -0.244. The van der Waals surface area contributed by atoms with Crippen molar-refractivity contribution in [2.75, 3.05) is 20.3 Å². The summed E-state index contributed by atoms with van der Waals surface area (Å²) in [5, 5.41) is 0. The average Bonchev–Trinajstić information content (AvgIpc) is 3.08. The Labute approximate surface area is 89.2 Å². The molecule has 0 aromatic rings. The van der Waals surface area contributed by atoms with Crippen molar-refractivity contribution in [1.82, 2.24) is 0 Å². The molecule has 0 spiro atoms. The molecule has 0 amide bonds. The van der Waals surface area contributed by atoms with Gasteiger partial charge in [0.25, 0.3) is 0 Å². The highest BCUT2D eigenvalue weighted by atomic mass is 16.6. The summed E-state index contributed by atoms with van der Waals surface area (Å²) in [6.07, 6.45) is 2.28. The number of ether oxygens (including phenoxy) is 3. The molecular weight excluding hydrogens is 196 g/mol. The maximum Gasteiger partial charge on any atom is 0.333 e. The lowest BCUT2D eigenvalue weighted by Crippen LogP contribution is -2.08. The topological polar surface area (TPSA) is 51.4 Å². The molecule has 2 heterocycles. The van der Waals surface area contributed by atoms with Crippen LogP contribution in [0.15, 0.2) is 11.1 Å². The van der Waals surface area contributed by atoms with Crippen LogP contribution in [0.3, 0.4) is 0 Å². The second kappa shape index (κ2) is 4.33. The zero-order valence-corrected chi connectivity index (χ0v) is 9.12. The smallest absolute Gasteiger partial charge is 0.333 e. The molecule has 84 valence electrons. The molecule has 0 aromatic carbocycles. The van der Waals surface area contributed by atoms with Crippen LogP contribution in [0.4, 0.5) is 0 Å². The van der Waals surface area contributed by atoms with E-state index in [1.54, 1.807) is 0 Å². The monoisotopic (exact) mass is 212 g/mol. The minimum Gasteiger partial charge on any atom is -0.466 e. The Morgan fingerprint density at radius 3 is 2.07 bits per heavy atom. The average molecular weight is 212 g/mol. The van der Waals surface area contributed by atoms with Crippen molar-refractivity contribution < 1.29 is 19.0 Å². The standard InChI is InChI=1S/C11H16O4/c1-7(11(12)13-2)8(3-9-5-14-9)4-10-6-15-10/h9-10H,3-6H2,1-2H3. The number of hydrogen-bond donors (Lipinski definition) is 0. The van der Waals surface area contributed by atoms with Crippen molar-refractivity contribution in [3.05, 3.63) is 11.1 Å². The first kappa shape index (κ1) is 10.6. The number of methoxy groups -OCH3 is 1. The van der Waals surface area contributed by atoms with E-state index in [1.807, 2.05) is 6.92 Å². The zero-order valence-electron chi connectivity index (χ0n) is 9.12. The minimum absolute atomic E-state index is 0.244. The van der Waals surface area contributed by atoms with Crippen LogP contribution in [0.5, 0.6) is 0 Å². The number of esters is 1. The van der Waals surface area contributed by atoms with E-state index >= 15 is 0 Å². The largest absolute Gasteiger partial charge is 0.466 e. The third-order valence-electron chi connectivity index (χ3n) is 2.77. The van der Waals surface area contributed by atoms with Crippen LogP contribution in [0.2, 0.25) is 0 Å².